The van der Waals surface area contributed by atoms with Gasteiger partial charge in [-0.2, -0.15) is 0 Å². The zero-order valence-corrected chi connectivity index (χ0v) is 18.7. The summed E-state index contributed by atoms with van der Waals surface area (Å²) in [7, 11) is 0. The first-order chi connectivity index (χ1) is 14.2. The maximum atomic E-state index is 10.6. The first-order valence-electron chi connectivity index (χ1n) is 12.4. The molecule has 1 N–H and O–H groups in total. The molecule has 2 aliphatic rings. The van der Waals surface area contributed by atoms with Gasteiger partial charge in [-0.1, -0.05) is 64.4 Å². The van der Waals surface area contributed by atoms with E-state index < -0.39 is 5.97 Å². The van der Waals surface area contributed by atoms with Crippen molar-refractivity contribution in [3.63, 3.8) is 0 Å². The summed E-state index contributed by atoms with van der Waals surface area (Å²) >= 11 is 0. The van der Waals surface area contributed by atoms with Crippen molar-refractivity contribution in [2.75, 3.05) is 6.61 Å². The van der Waals surface area contributed by atoms with E-state index in [4.69, 9.17) is 14.6 Å². The highest BCUT2D eigenvalue weighted by molar-refractivity contribution is 5.79. The van der Waals surface area contributed by atoms with Crippen LogP contribution in [0.15, 0.2) is 12.2 Å². The molecule has 1 saturated heterocycles. The van der Waals surface area contributed by atoms with Gasteiger partial charge in [0.25, 0.3) is 0 Å². The monoisotopic (exact) mass is 408 g/mol. The zero-order valence-electron chi connectivity index (χ0n) is 18.7. The van der Waals surface area contributed by atoms with Gasteiger partial charge in [0.05, 0.1) is 6.10 Å². The number of aliphatic carboxylic acids is 1. The molecule has 0 aromatic rings. The Hall–Kier alpha value is -0.870. The number of rotatable bonds is 15. The molecule has 0 aromatic carbocycles. The molecule has 0 bridgehead atoms. The molecule has 1 saturated carbocycles. The highest BCUT2D eigenvalue weighted by Gasteiger charge is 2.37. The fourth-order valence-electron chi connectivity index (χ4n) is 5.09. The van der Waals surface area contributed by atoms with Crippen molar-refractivity contribution in [2.24, 2.45) is 11.8 Å². The van der Waals surface area contributed by atoms with Crippen molar-refractivity contribution in [1.29, 1.82) is 0 Å². The lowest BCUT2D eigenvalue weighted by Crippen LogP contribution is -2.31. The van der Waals surface area contributed by atoms with Crippen molar-refractivity contribution in [3.8, 4) is 0 Å². The molecule has 29 heavy (non-hydrogen) atoms. The Kier molecular flexibility index (Phi) is 12.6. The minimum atomic E-state index is -0.843. The SMILES string of the molecule is CCCCCCCC[C@@H]1[C@@H](CCCCC=CC(=O)O)CC[C@H]1OC1CCCCO1. The van der Waals surface area contributed by atoms with Crippen LogP contribution in [-0.4, -0.2) is 30.1 Å². The molecule has 2 rings (SSSR count). The van der Waals surface area contributed by atoms with Crippen LogP contribution < -0.4 is 0 Å². The topological polar surface area (TPSA) is 55.8 Å². The van der Waals surface area contributed by atoms with Gasteiger partial charge in [-0.05, 0) is 63.2 Å². The van der Waals surface area contributed by atoms with E-state index in [1.807, 2.05) is 0 Å². The van der Waals surface area contributed by atoms with Crippen LogP contribution in [0, 0.1) is 11.8 Å². The van der Waals surface area contributed by atoms with E-state index in [9.17, 15) is 4.79 Å². The second-order valence-corrected chi connectivity index (χ2v) is 9.05. The fourth-order valence-corrected chi connectivity index (χ4v) is 5.09. The Labute approximate surface area is 178 Å². The van der Waals surface area contributed by atoms with E-state index >= 15 is 0 Å². The molecule has 4 nitrogen and oxygen atoms in total. The molecule has 1 aliphatic heterocycles. The van der Waals surface area contributed by atoms with Crippen LogP contribution in [0.1, 0.15) is 110 Å². The molecule has 1 heterocycles. The molecular weight excluding hydrogens is 364 g/mol. The quantitative estimate of drug-likeness (QED) is 0.237. The lowest BCUT2D eigenvalue weighted by Gasteiger charge is -2.30. The van der Waals surface area contributed by atoms with Crippen LogP contribution >= 0.6 is 0 Å². The number of ether oxygens (including phenoxy) is 2. The van der Waals surface area contributed by atoms with Crippen molar-refractivity contribution in [2.45, 2.75) is 122 Å². The maximum Gasteiger partial charge on any atom is 0.327 e. The third-order valence-electron chi connectivity index (χ3n) is 6.72. The number of carbonyl (C=O) groups is 1. The summed E-state index contributed by atoms with van der Waals surface area (Å²) in [5, 5.41) is 8.68. The normalized spacial score (nSPS) is 27.6. The van der Waals surface area contributed by atoms with Gasteiger partial charge in [-0.25, -0.2) is 4.79 Å². The zero-order chi connectivity index (χ0) is 20.7. The Morgan fingerprint density at radius 2 is 1.79 bits per heavy atom. The van der Waals surface area contributed by atoms with Gasteiger partial charge in [0.15, 0.2) is 6.29 Å². The van der Waals surface area contributed by atoms with Crippen LogP contribution in [0.2, 0.25) is 0 Å². The van der Waals surface area contributed by atoms with E-state index in [2.05, 4.69) is 6.92 Å². The number of unbranched alkanes of at least 4 members (excludes halogenated alkanes) is 7. The number of carboxylic acid groups (broad SMARTS) is 1. The van der Waals surface area contributed by atoms with E-state index in [1.165, 1.54) is 89.5 Å². The molecule has 0 radical (unpaired) electrons. The van der Waals surface area contributed by atoms with Crippen molar-refractivity contribution < 1.29 is 19.4 Å². The summed E-state index contributed by atoms with van der Waals surface area (Å²) in [6, 6.07) is 0. The van der Waals surface area contributed by atoms with Crippen molar-refractivity contribution in [3.05, 3.63) is 12.2 Å². The van der Waals surface area contributed by atoms with Gasteiger partial charge in [0.2, 0.25) is 0 Å². The maximum absolute atomic E-state index is 10.6. The average molecular weight is 409 g/mol. The van der Waals surface area contributed by atoms with Crippen LogP contribution in [-0.2, 0) is 14.3 Å². The van der Waals surface area contributed by atoms with Gasteiger partial charge < -0.3 is 14.6 Å². The second kappa shape index (κ2) is 15.0. The highest BCUT2D eigenvalue weighted by atomic mass is 16.7. The molecule has 0 amide bonds. The summed E-state index contributed by atoms with van der Waals surface area (Å²) in [6.07, 6.45) is 23.2. The first kappa shape index (κ1) is 24.4. The molecule has 1 unspecified atom stereocenters. The fraction of sp³-hybridized carbons (Fsp3) is 0.880. The molecule has 0 spiro atoms. The highest BCUT2D eigenvalue weighted by Crippen LogP contribution is 2.41. The Morgan fingerprint density at radius 3 is 2.55 bits per heavy atom. The van der Waals surface area contributed by atoms with Gasteiger partial charge in [0, 0.05) is 12.7 Å². The van der Waals surface area contributed by atoms with Crippen molar-refractivity contribution in [1.82, 2.24) is 0 Å². The lowest BCUT2D eigenvalue weighted by atomic mass is 9.85. The van der Waals surface area contributed by atoms with Crippen molar-refractivity contribution >= 4 is 5.97 Å². The van der Waals surface area contributed by atoms with E-state index in [0.717, 1.165) is 31.8 Å². The first-order valence-corrected chi connectivity index (χ1v) is 12.4. The number of hydrogen-bond donors (Lipinski definition) is 1. The third kappa shape index (κ3) is 10.1. The van der Waals surface area contributed by atoms with Gasteiger partial charge in [0.1, 0.15) is 0 Å². The Balaban J connectivity index is 1.75. The largest absolute Gasteiger partial charge is 0.478 e. The van der Waals surface area contributed by atoms with E-state index in [-0.39, 0.29) is 6.29 Å². The average Bonchev–Trinajstić information content (AvgIpc) is 3.09. The summed E-state index contributed by atoms with van der Waals surface area (Å²) in [5.74, 6) is 0.605. The van der Waals surface area contributed by atoms with Crippen LogP contribution in [0.3, 0.4) is 0 Å². The minimum Gasteiger partial charge on any atom is -0.478 e. The van der Waals surface area contributed by atoms with Gasteiger partial charge in [-0.3, -0.25) is 0 Å². The number of hydrogen-bond acceptors (Lipinski definition) is 3. The van der Waals surface area contributed by atoms with Crippen LogP contribution in [0.4, 0.5) is 0 Å². The van der Waals surface area contributed by atoms with Gasteiger partial charge in [-0.15, -0.1) is 0 Å². The number of allylic oxidation sites excluding steroid dienone is 1. The molecule has 4 heteroatoms. The molecule has 4 atom stereocenters. The van der Waals surface area contributed by atoms with Crippen LogP contribution in [0.5, 0.6) is 0 Å². The predicted molar refractivity (Wildman–Crippen MR) is 118 cm³/mol. The summed E-state index contributed by atoms with van der Waals surface area (Å²) in [6.45, 7) is 3.13. The molecule has 1 aliphatic carbocycles. The summed E-state index contributed by atoms with van der Waals surface area (Å²) in [5.41, 5.74) is 0. The molecule has 2 fully saturated rings. The smallest absolute Gasteiger partial charge is 0.327 e. The minimum absolute atomic E-state index is 0.0284. The molecule has 0 aromatic heterocycles. The standard InChI is InChI=1S/C25H44O4/c1-2-3-4-5-6-10-15-22-21(14-9-7-8-11-16-24(26)27)18-19-23(22)29-25-17-12-13-20-28-25/h11,16,21-23,25H,2-10,12-15,17-20H2,1H3,(H,26,27)/t21-,22+,23+,25?/m0/s1. The Morgan fingerprint density at radius 1 is 1.00 bits per heavy atom. The predicted octanol–water partition coefficient (Wildman–Crippen LogP) is 6.88. The molecular formula is C25H44O4. The summed E-state index contributed by atoms with van der Waals surface area (Å²) < 4.78 is 12.3. The van der Waals surface area contributed by atoms with E-state index in [0.29, 0.717) is 12.0 Å². The second-order valence-electron chi connectivity index (χ2n) is 9.05. The van der Waals surface area contributed by atoms with E-state index in [1.54, 1.807) is 6.08 Å². The Bertz CT molecular complexity index is 456. The summed E-state index contributed by atoms with van der Waals surface area (Å²) in [4.78, 5) is 10.6. The van der Waals surface area contributed by atoms with Gasteiger partial charge >= 0.3 is 5.97 Å². The molecule has 168 valence electrons. The lowest BCUT2D eigenvalue weighted by molar-refractivity contribution is -0.196. The number of carboxylic acids is 1. The van der Waals surface area contributed by atoms with Crippen LogP contribution in [0.25, 0.3) is 0 Å². The third-order valence-corrected chi connectivity index (χ3v) is 6.72.